The Labute approximate surface area is 151 Å². The lowest BCUT2D eigenvalue weighted by atomic mass is 9.99. The number of anilines is 2. The first-order chi connectivity index (χ1) is 11.6. The van der Waals surface area contributed by atoms with Crippen LogP contribution in [-0.4, -0.2) is 24.1 Å². The number of nitrogens with zero attached hydrogens (tertiary/aromatic N) is 1. The summed E-state index contributed by atoms with van der Waals surface area (Å²) in [5.41, 5.74) is 2.11. The van der Waals surface area contributed by atoms with E-state index in [9.17, 15) is 4.79 Å². The topological polar surface area (TPSA) is 44.4 Å². The number of carbonyl (C=O) groups excluding carboxylic acids is 1. The number of benzene rings is 1. The molecule has 1 fully saturated rings. The molecule has 3 rings (SSSR count). The van der Waals surface area contributed by atoms with Crippen molar-refractivity contribution in [2.45, 2.75) is 19.8 Å². The molecule has 2 aromatic rings. The van der Waals surface area contributed by atoms with E-state index in [0.29, 0.717) is 9.99 Å². The lowest BCUT2D eigenvalue weighted by Crippen LogP contribution is -2.34. The highest BCUT2D eigenvalue weighted by molar-refractivity contribution is 7.80. The molecule has 1 aromatic heterocycles. The maximum atomic E-state index is 12.0. The van der Waals surface area contributed by atoms with Crippen LogP contribution in [0.25, 0.3) is 0 Å². The van der Waals surface area contributed by atoms with Crippen LogP contribution in [0.3, 0.4) is 0 Å². The number of hydrogen-bond acceptors (Lipinski definition) is 4. The van der Waals surface area contributed by atoms with Gasteiger partial charge in [0.2, 0.25) is 0 Å². The summed E-state index contributed by atoms with van der Waals surface area (Å²) in [5, 5.41) is 7.93. The molecule has 6 heteroatoms. The number of thiophene rings is 1. The van der Waals surface area contributed by atoms with E-state index < -0.39 is 0 Å². The number of rotatable bonds is 3. The summed E-state index contributed by atoms with van der Waals surface area (Å²) in [4.78, 5) is 15.0. The quantitative estimate of drug-likeness (QED) is 0.810. The summed E-state index contributed by atoms with van der Waals surface area (Å²) in [7, 11) is 0. The minimum Gasteiger partial charge on any atom is -0.372 e. The maximum absolute atomic E-state index is 12.0. The average Bonchev–Trinajstić information content (AvgIpc) is 3.11. The van der Waals surface area contributed by atoms with Crippen LogP contribution in [0.4, 0.5) is 11.4 Å². The Morgan fingerprint density at radius 3 is 2.54 bits per heavy atom. The highest BCUT2D eigenvalue weighted by Crippen LogP contribution is 2.24. The Morgan fingerprint density at radius 1 is 1.21 bits per heavy atom. The van der Waals surface area contributed by atoms with Crippen molar-refractivity contribution in [2.24, 2.45) is 5.92 Å². The van der Waals surface area contributed by atoms with Gasteiger partial charge in [0.25, 0.3) is 5.91 Å². The third-order valence-electron chi connectivity index (χ3n) is 4.25. The normalized spacial score (nSPS) is 15.1. The first-order valence-electron chi connectivity index (χ1n) is 8.12. The molecule has 0 atom stereocenters. The fourth-order valence-corrected chi connectivity index (χ4v) is 3.59. The fraction of sp³-hybridized carbons (Fsp3) is 0.333. The second kappa shape index (κ2) is 7.77. The van der Waals surface area contributed by atoms with E-state index in [2.05, 4.69) is 34.6 Å². The van der Waals surface area contributed by atoms with Gasteiger partial charge in [0, 0.05) is 24.5 Å². The van der Waals surface area contributed by atoms with Gasteiger partial charge in [-0.25, -0.2) is 0 Å². The van der Waals surface area contributed by atoms with E-state index in [4.69, 9.17) is 12.2 Å². The zero-order chi connectivity index (χ0) is 16.9. The molecule has 1 saturated heterocycles. The van der Waals surface area contributed by atoms with E-state index in [1.165, 1.54) is 29.9 Å². The second-order valence-corrected chi connectivity index (χ2v) is 7.46. The third kappa shape index (κ3) is 4.33. The molecule has 2 N–H and O–H groups in total. The minimum absolute atomic E-state index is 0.179. The molecule has 2 heterocycles. The molecule has 0 unspecified atom stereocenters. The average molecular weight is 360 g/mol. The van der Waals surface area contributed by atoms with Gasteiger partial charge in [0.1, 0.15) is 0 Å². The second-order valence-electron chi connectivity index (χ2n) is 6.10. The molecule has 126 valence electrons. The molecule has 0 saturated carbocycles. The van der Waals surface area contributed by atoms with Crippen LogP contribution in [0.2, 0.25) is 0 Å². The number of carbonyl (C=O) groups is 1. The number of piperidine rings is 1. The summed E-state index contributed by atoms with van der Waals surface area (Å²) in [6, 6.07) is 11.8. The van der Waals surface area contributed by atoms with E-state index in [0.717, 1.165) is 24.7 Å². The van der Waals surface area contributed by atoms with Crippen molar-refractivity contribution in [1.29, 1.82) is 0 Å². The van der Waals surface area contributed by atoms with Gasteiger partial charge in [0.05, 0.1) is 4.88 Å². The van der Waals surface area contributed by atoms with E-state index in [1.54, 1.807) is 6.07 Å². The van der Waals surface area contributed by atoms with Gasteiger partial charge in [-0.05, 0) is 66.7 Å². The molecular formula is C18H21N3OS2. The van der Waals surface area contributed by atoms with Crippen molar-refractivity contribution in [3.8, 4) is 0 Å². The molecule has 0 spiro atoms. The van der Waals surface area contributed by atoms with E-state index in [1.807, 2.05) is 23.6 Å². The van der Waals surface area contributed by atoms with E-state index >= 15 is 0 Å². The maximum Gasteiger partial charge on any atom is 0.267 e. The summed E-state index contributed by atoms with van der Waals surface area (Å²) >= 11 is 6.60. The van der Waals surface area contributed by atoms with Gasteiger partial charge < -0.3 is 10.2 Å². The number of amides is 1. The van der Waals surface area contributed by atoms with Crippen LogP contribution in [0.15, 0.2) is 41.8 Å². The van der Waals surface area contributed by atoms with Crippen molar-refractivity contribution in [3.63, 3.8) is 0 Å². The van der Waals surface area contributed by atoms with Gasteiger partial charge >= 0.3 is 0 Å². The standard InChI is InChI=1S/C18H21N3OS2/c1-13-8-10-21(11-9-13)15-6-4-14(5-7-15)19-18(23)20-17(22)16-3-2-12-24-16/h2-7,12-13H,8-11H2,1H3,(H2,19,20,22,23). The molecule has 0 radical (unpaired) electrons. The van der Waals surface area contributed by atoms with Crippen molar-refractivity contribution < 1.29 is 4.79 Å². The molecule has 0 aliphatic carbocycles. The number of hydrogen-bond donors (Lipinski definition) is 2. The van der Waals surface area contributed by atoms with Crippen molar-refractivity contribution >= 4 is 45.9 Å². The Morgan fingerprint density at radius 2 is 1.92 bits per heavy atom. The lowest BCUT2D eigenvalue weighted by molar-refractivity contribution is 0.0981. The molecule has 1 aliphatic rings. The van der Waals surface area contributed by atoms with Crippen LogP contribution < -0.4 is 15.5 Å². The summed E-state index contributed by atoms with van der Waals surface area (Å²) in [6.45, 7) is 4.54. The minimum atomic E-state index is -0.179. The zero-order valence-electron chi connectivity index (χ0n) is 13.6. The molecular weight excluding hydrogens is 338 g/mol. The van der Waals surface area contributed by atoms with Crippen LogP contribution in [0.5, 0.6) is 0 Å². The van der Waals surface area contributed by atoms with Gasteiger partial charge in [-0.3, -0.25) is 10.1 Å². The largest absolute Gasteiger partial charge is 0.372 e. The third-order valence-corrected chi connectivity index (χ3v) is 5.32. The predicted molar refractivity (Wildman–Crippen MR) is 105 cm³/mol. The summed E-state index contributed by atoms with van der Waals surface area (Å²) in [6.07, 6.45) is 2.50. The summed E-state index contributed by atoms with van der Waals surface area (Å²) in [5.74, 6) is 0.646. The Bertz CT molecular complexity index is 690. The molecule has 1 aromatic carbocycles. The highest BCUT2D eigenvalue weighted by atomic mass is 32.1. The Hall–Kier alpha value is -1.92. The SMILES string of the molecule is CC1CCN(c2ccc(NC(=S)NC(=O)c3cccs3)cc2)CC1. The van der Waals surface area contributed by atoms with Crippen molar-refractivity contribution in [2.75, 3.05) is 23.3 Å². The smallest absolute Gasteiger partial charge is 0.267 e. The van der Waals surface area contributed by atoms with Crippen molar-refractivity contribution in [3.05, 3.63) is 46.7 Å². The monoisotopic (exact) mass is 359 g/mol. The lowest BCUT2D eigenvalue weighted by Gasteiger charge is -2.32. The highest BCUT2D eigenvalue weighted by Gasteiger charge is 2.16. The predicted octanol–water partition coefficient (Wildman–Crippen LogP) is 4.11. The van der Waals surface area contributed by atoms with Crippen LogP contribution in [0, 0.1) is 5.92 Å². The molecule has 24 heavy (non-hydrogen) atoms. The zero-order valence-corrected chi connectivity index (χ0v) is 15.3. The van der Waals surface area contributed by atoms with Gasteiger partial charge in [-0.2, -0.15) is 0 Å². The van der Waals surface area contributed by atoms with Crippen LogP contribution in [-0.2, 0) is 0 Å². The van der Waals surface area contributed by atoms with Crippen LogP contribution >= 0.6 is 23.6 Å². The summed E-state index contributed by atoms with van der Waals surface area (Å²) < 4.78 is 0. The molecule has 1 amide bonds. The fourth-order valence-electron chi connectivity index (χ4n) is 2.76. The van der Waals surface area contributed by atoms with Gasteiger partial charge in [-0.15, -0.1) is 11.3 Å². The Kier molecular flexibility index (Phi) is 5.48. The number of thiocarbonyl (C=S) groups is 1. The van der Waals surface area contributed by atoms with Gasteiger partial charge in [0.15, 0.2) is 5.11 Å². The molecule has 1 aliphatic heterocycles. The number of nitrogens with one attached hydrogen (secondary N) is 2. The van der Waals surface area contributed by atoms with E-state index in [-0.39, 0.29) is 5.91 Å². The van der Waals surface area contributed by atoms with Gasteiger partial charge in [-0.1, -0.05) is 13.0 Å². The first-order valence-corrected chi connectivity index (χ1v) is 9.41. The Balaban J connectivity index is 1.54. The first kappa shape index (κ1) is 16.9. The van der Waals surface area contributed by atoms with Crippen LogP contribution in [0.1, 0.15) is 29.4 Å². The van der Waals surface area contributed by atoms with Crippen molar-refractivity contribution in [1.82, 2.24) is 5.32 Å². The molecule has 0 bridgehead atoms. The molecule has 4 nitrogen and oxygen atoms in total.